The van der Waals surface area contributed by atoms with Gasteiger partial charge in [0.25, 0.3) is 5.91 Å². The average molecular weight is 400 g/mol. The Labute approximate surface area is 170 Å². The van der Waals surface area contributed by atoms with E-state index in [0.29, 0.717) is 13.1 Å². The molecule has 2 aromatic rings. The number of hydrogen-bond donors (Lipinski definition) is 1. The molecular formula is C21H28N4O4. The Kier molecular flexibility index (Phi) is 5.81. The zero-order valence-electron chi connectivity index (χ0n) is 17.4. The summed E-state index contributed by atoms with van der Waals surface area (Å²) in [4.78, 5) is 27.6. The number of aromatic nitrogens is 2. The number of rotatable bonds is 5. The van der Waals surface area contributed by atoms with Crippen molar-refractivity contribution in [3.8, 4) is 5.88 Å². The number of carbonyl (C=O) groups is 2. The molecule has 1 aromatic carbocycles. The van der Waals surface area contributed by atoms with Crippen molar-refractivity contribution >= 4 is 17.6 Å². The van der Waals surface area contributed by atoms with Crippen LogP contribution in [0.3, 0.4) is 0 Å². The molecule has 2 heterocycles. The quantitative estimate of drug-likeness (QED) is 0.827. The number of aryl methyl sites for hydroxylation is 1. The van der Waals surface area contributed by atoms with E-state index in [9.17, 15) is 9.59 Å². The maximum atomic E-state index is 12.8. The van der Waals surface area contributed by atoms with E-state index in [-0.39, 0.29) is 22.9 Å². The molecule has 8 nitrogen and oxygen atoms in total. The van der Waals surface area contributed by atoms with Gasteiger partial charge in [0.05, 0.1) is 0 Å². The van der Waals surface area contributed by atoms with Crippen LogP contribution in [0.2, 0.25) is 0 Å². The van der Waals surface area contributed by atoms with Crippen molar-refractivity contribution in [1.82, 2.24) is 14.7 Å². The van der Waals surface area contributed by atoms with Crippen molar-refractivity contribution in [1.29, 1.82) is 0 Å². The van der Waals surface area contributed by atoms with Crippen molar-refractivity contribution in [2.24, 2.45) is 7.05 Å². The van der Waals surface area contributed by atoms with Crippen LogP contribution in [0.1, 0.15) is 36.8 Å². The molecule has 8 heteroatoms. The van der Waals surface area contributed by atoms with Gasteiger partial charge >= 0.3 is 5.97 Å². The van der Waals surface area contributed by atoms with E-state index in [2.05, 4.69) is 55.0 Å². The fraction of sp³-hybridized carbons (Fsp3) is 0.476. The molecule has 1 saturated heterocycles. The van der Waals surface area contributed by atoms with Crippen LogP contribution in [-0.4, -0.2) is 64.4 Å². The number of anilines is 1. The Bertz CT molecular complexity index is 892. The maximum Gasteiger partial charge on any atom is 0.341 e. The van der Waals surface area contributed by atoms with Gasteiger partial charge in [0.1, 0.15) is 0 Å². The minimum atomic E-state index is -1.08. The van der Waals surface area contributed by atoms with Gasteiger partial charge in [0.15, 0.2) is 12.3 Å². The monoisotopic (exact) mass is 400 g/mol. The van der Waals surface area contributed by atoms with Gasteiger partial charge in [0.2, 0.25) is 5.88 Å². The lowest BCUT2D eigenvalue weighted by Gasteiger charge is -2.38. The minimum Gasteiger partial charge on any atom is -0.479 e. The molecule has 1 aromatic heterocycles. The standard InChI is InChI=1S/C21H28N4O4/c1-21(2,3)15-7-5-6-8-17(15)24-9-11-25(12-10-24)20(28)16-13-18(23(4)22-16)29-14-19(26)27/h5-8,13H,9-12,14H2,1-4H3,(H,26,27). The third-order valence-electron chi connectivity index (χ3n) is 5.02. The summed E-state index contributed by atoms with van der Waals surface area (Å²) in [6.07, 6.45) is 0. The summed E-state index contributed by atoms with van der Waals surface area (Å²) in [5.41, 5.74) is 2.82. The number of para-hydroxylation sites is 1. The SMILES string of the molecule is Cn1nc(C(=O)N2CCN(c3ccccc3C(C)(C)C)CC2)cc1OCC(=O)O. The topological polar surface area (TPSA) is 87.9 Å². The third kappa shape index (κ3) is 4.70. The second-order valence-corrected chi connectivity index (χ2v) is 8.22. The zero-order valence-corrected chi connectivity index (χ0v) is 17.4. The fourth-order valence-electron chi connectivity index (χ4n) is 3.52. The summed E-state index contributed by atoms with van der Waals surface area (Å²) in [7, 11) is 1.62. The lowest BCUT2D eigenvalue weighted by atomic mass is 9.85. The maximum absolute atomic E-state index is 12.8. The van der Waals surface area contributed by atoms with Gasteiger partial charge in [-0.2, -0.15) is 5.10 Å². The lowest BCUT2D eigenvalue weighted by molar-refractivity contribution is -0.139. The normalized spacial score (nSPS) is 14.8. The van der Waals surface area contributed by atoms with E-state index in [1.165, 1.54) is 22.0 Å². The number of carboxylic acids is 1. The predicted molar refractivity (Wildman–Crippen MR) is 110 cm³/mol. The molecule has 0 bridgehead atoms. The highest BCUT2D eigenvalue weighted by molar-refractivity contribution is 5.92. The van der Waals surface area contributed by atoms with Crippen LogP contribution in [0.25, 0.3) is 0 Å². The molecule has 0 spiro atoms. The molecule has 1 fully saturated rings. The van der Waals surface area contributed by atoms with Crippen molar-refractivity contribution in [2.45, 2.75) is 26.2 Å². The Morgan fingerprint density at radius 1 is 1.14 bits per heavy atom. The number of ether oxygens (including phenoxy) is 1. The van der Waals surface area contributed by atoms with Crippen molar-refractivity contribution in [3.05, 3.63) is 41.6 Å². The molecule has 1 amide bonds. The molecule has 3 rings (SSSR count). The van der Waals surface area contributed by atoms with Crippen LogP contribution in [0.5, 0.6) is 5.88 Å². The molecule has 0 atom stereocenters. The first-order valence-corrected chi connectivity index (χ1v) is 9.69. The number of benzene rings is 1. The molecule has 156 valence electrons. The van der Waals surface area contributed by atoms with E-state index in [4.69, 9.17) is 9.84 Å². The summed E-state index contributed by atoms with van der Waals surface area (Å²) >= 11 is 0. The number of carboxylic acid groups (broad SMARTS) is 1. The number of hydrogen-bond acceptors (Lipinski definition) is 5. The van der Waals surface area contributed by atoms with E-state index >= 15 is 0 Å². The van der Waals surface area contributed by atoms with Crippen molar-refractivity contribution in [2.75, 3.05) is 37.7 Å². The van der Waals surface area contributed by atoms with Crippen LogP contribution in [0, 0.1) is 0 Å². The van der Waals surface area contributed by atoms with Crippen LogP contribution in [0.15, 0.2) is 30.3 Å². The van der Waals surface area contributed by atoms with Crippen molar-refractivity contribution in [3.63, 3.8) is 0 Å². The number of piperazine rings is 1. The predicted octanol–water partition coefficient (Wildman–Crippen LogP) is 2.14. The smallest absolute Gasteiger partial charge is 0.341 e. The first-order chi connectivity index (χ1) is 13.7. The molecule has 1 N–H and O–H groups in total. The van der Waals surface area contributed by atoms with Gasteiger partial charge in [-0.1, -0.05) is 39.0 Å². The number of nitrogens with zero attached hydrogens (tertiary/aromatic N) is 4. The Morgan fingerprint density at radius 2 is 1.79 bits per heavy atom. The van der Waals surface area contributed by atoms with Gasteiger partial charge in [-0.25, -0.2) is 9.48 Å². The highest BCUT2D eigenvalue weighted by Gasteiger charge is 2.27. The van der Waals surface area contributed by atoms with Crippen LogP contribution >= 0.6 is 0 Å². The molecular weight excluding hydrogens is 372 g/mol. The zero-order chi connectivity index (χ0) is 21.2. The van der Waals surface area contributed by atoms with Gasteiger partial charge in [-0.3, -0.25) is 4.79 Å². The van der Waals surface area contributed by atoms with Crippen LogP contribution in [-0.2, 0) is 17.3 Å². The lowest BCUT2D eigenvalue weighted by Crippen LogP contribution is -2.49. The summed E-state index contributed by atoms with van der Waals surface area (Å²) in [6.45, 7) is 8.82. The summed E-state index contributed by atoms with van der Waals surface area (Å²) < 4.78 is 6.54. The Morgan fingerprint density at radius 3 is 2.41 bits per heavy atom. The van der Waals surface area contributed by atoms with Crippen molar-refractivity contribution < 1.29 is 19.4 Å². The molecule has 1 aliphatic rings. The van der Waals surface area contributed by atoms with Crippen LogP contribution < -0.4 is 9.64 Å². The molecule has 0 unspecified atom stereocenters. The summed E-state index contributed by atoms with van der Waals surface area (Å²) in [6, 6.07) is 9.92. The minimum absolute atomic E-state index is 0.0455. The molecule has 0 saturated carbocycles. The van der Waals surface area contributed by atoms with E-state index < -0.39 is 12.6 Å². The summed E-state index contributed by atoms with van der Waals surface area (Å²) in [5, 5.41) is 12.9. The van der Waals surface area contributed by atoms with Crippen LogP contribution in [0.4, 0.5) is 5.69 Å². The molecule has 1 aliphatic heterocycles. The largest absolute Gasteiger partial charge is 0.479 e. The second kappa shape index (κ2) is 8.14. The Hall–Kier alpha value is -3.03. The first kappa shape index (κ1) is 20.7. The number of carbonyl (C=O) groups excluding carboxylic acids is 1. The third-order valence-corrected chi connectivity index (χ3v) is 5.02. The summed E-state index contributed by atoms with van der Waals surface area (Å²) in [5.74, 6) is -0.992. The molecule has 29 heavy (non-hydrogen) atoms. The number of amides is 1. The van der Waals surface area contributed by atoms with E-state index in [1.54, 1.807) is 11.9 Å². The van der Waals surface area contributed by atoms with Gasteiger partial charge < -0.3 is 19.6 Å². The fourth-order valence-corrected chi connectivity index (χ4v) is 3.52. The van der Waals surface area contributed by atoms with Gasteiger partial charge in [-0.05, 0) is 17.0 Å². The molecule has 0 aliphatic carbocycles. The highest BCUT2D eigenvalue weighted by atomic mass is 16.5. The van der Waals surface area contributed by atoms with Gasteiger partial charge in [0, 0.05) is 45.0 Å². The van der Waals surface area contributed by atoms with E-state index in [0.717, 1.165) is 13.1 Å². The second-order valence-electron chi connectivity index (χ2n) is 8.22. The number of aliphatic carboxylic acids is 1. The van der Waals surface area contributed by atoms with Gasteiger partial charge in [-0.15, -0.1) is 0 Å². The highest BCUT2D eigenvalue weighted by Crippen LogP contribution is 2.32. The molecule has 0 radical (unpaired) electrons. The first-order valence-electron chi connectivity index (χ1n) is 9.69. The average Bonchev–Trinajstić information content (AvgIpc) is 3.06. The Balaban J connectivity index is 1.67. The van der Waals surface area contributed by atoms with E-state index in [1.807, 2.05) is 0 Å².